The first-order valence-corrected chi connectivity index (χ1v) is 8.17. The first-order chi connectivity index (χ1) is 12.0. The van der Waals surface area contributed by atoms with Gasteiger partial charge >= 0.3 is 5.97 Å². The molecule has 0 aliphatic heterocycles. The van der Waals surface area contributed by atoms with Gasteiger partial charge < -0.3 is 15.0 Å². The van der Waals surface area contributed by atoms with Crippen molar-refractivity contribution in [1.82, 2.24) is 4.90 Å². The molecule has 1 rings (SSSR count). The minimum absolute atomic E-state index is 0.0512. The Bertz CT molecular complexity index is 644. The SMILES string of the molecule is C/C=C/C=C/C(=O)OCC(=O)Nc1ccc(C(=O)N(CC)CC)cc1. The molecule has 25 heavy (non-hydrogen) atoms. The summed E-state index contributed by atoms with van der Waals surface area (Å²) in [5.41, 5.74) is 1.09. The van der Waals surface area contributed by atoms with Crippen LogP contribution < -0.4 is 5.32 Å². The lowest BCUT2D eigenvalue weighted by molar-refractivity contribution is -0.142. The maximum absolute atomic E-state index is 12.2. The van der Waals surface area contributed by atoms with Gasteiger partial charge in [0, 0.05) is 30.4 Å². The molecule has 2 amide bonds. The van der Waals surface area contributed by atoms with E-state index >= 15 is 0 Å². The van der Waals surface area contributed by atoms with E-state index in [4.69, 9.17) is 4.74 Å². The van der Waals surface area contributed by atoms with Crippen molar-refractivity contribution >= 4 is 23.5 Å². The summed E-state index contributed by atoms with van der Waals surface area (Å²) in [5.74, 6) is -1.09. The number of allylic oxidation sites excluding steroid dienone is 3. The summed E-state index contributed by atoms with van der Waals surface area (Å²) >= 11 is 0. The van der Waals surface area contributed by atoms with E-state index in [1.54, 1.807) is 41.3 Å². The normalized spacial score (nSPS) is 10.8. The molecule has 0 fully saturated rings. The van der Waals surface area contributed by atoms with Crippen molar-refractivity contribution in [3.8, 4) is 0 Å². The second-order valence-corrected chi connectivity index (χ2v) is 5.10. The van der Waals surface area contributed by atoms with Crippen LogP contribution in [0.3, 0.4) is 0 Å². The van der Waals surface area contributed by atoms with Crippen LogP contribution in [0.1, 0.15) is 31.1 Å². The van der Waals surface area contributed by atoms with E-state index in [0.29, 0.717) is 24.3 Å². The van der Waals surface area contributed by atoms with Crippen molar-refractivity contribution < 1.29 is 19.1 Å². The molecule has 0 bridgehead atoms. The van der Waals surface area contributed by atoms with Crippen molar-refractivity contribution in [3.05, 3.63) is 54.1 Å². The second kappa shape index (κ2) is 10.8. The largest absolute Gasteiger partial charge is 0.452 e. The monoisotopic (exact) mass is 344 g/mol. The molecular weight excluding hydrogens is 320 g/mol. The van der Waals surface area contributed by atoms with E-state index < -0.39 is 11.9 Å². The summed E-state index contributed by atoms with van der Waals surface area (Å²) in [6.07, 6.45) is 6.22. The molecule has 0 radical (unpaired) electrons. The van der Waals surface area contributed by atoms with E-state index in [2.05, 4.69) is 5.32 Å². The van der Waals surface area contributed by atoms with Crippen molar-refractivity contribution in [2.75, 3.05) is 25.0 Å². The van der Waals surface area contributed by atoms with Crippen LogP contribution in [-0.2, 0) is 14.3 Å². The number of anilines is 1. The molecule has 0 saturated carbocycles. The molecule has 6 nitrogen and oxygen atoms in total. The van der Waals surface area contributed by atoms with Crippen molar-refractivity contribution in [2.45, 2.75) is 20.8 Å². The molecule has 1 aromatic rings. The zero-order valence-electron chi connectivity index (χ0n) is 14.8. The van der Waals surface area contributed by atoms with E-state index in [1.807, 2.05) is 20.8 Å². The van der Waals surface area contributed by atoms with Gasteiger partial charge in [-0.3, -0.25) is 9.59 Å². The fourth-order valence-electron chi connectivity index (χ4n) is 2.02. The number of esters is 1. The summed E-state index contributed by atoms with van der Waals surface area (Å²) in [5, 5.41) is 2.61. The van der Waals surface area contributed by atoms with Gasteiger partial charge in [0.2, 0.25) is 0 Å². The molecule has 0 heterocycles. The van der Waals surface area contributed by atoms with E-state index in [-0.39, 0.29) is 12.5 Å². The molecular formula is C19H24N2O4. The Morgan fingerprint density at radius 2 is 1.72 bits per heavy atom. The van der Waals surface area contributed by atoms with Crippen molar-refractivity contribution in [2.24, 2.45) is 0 Å². The average molecular weight is 344 g/mol. The number of nitrogens with one attached hydrogen (secondary N) is 1. The third-order valence-corrected chi connectivity index (χ3v) is 3.35. The van der Waals surface area contributed by atoms with Gasteiger partial charge in [0.25, 0.3) is 11.8 Å². The Kier molecular flexibility index (Phi) is 8.71. The third-order valence-electron chi connectivity index (χ3n) is 3.35. The number of rotatable bonds is 8. The molecule has 6 heteroatoms. The highest BCUT2D eigenvalue weighted by Crippen LogP contribution is 2.11. The summed E-state index contributed by atoms with van der Waals surface area (Å²) in [7, 11) is 0. The van der Waals surface area contributed by atoms with E-state index in [9.17, 15) is 14.4 Å². The molecule has 0 atom stereocenters. The predicted octanol–water partition coefficient (Wildman–Crippen LogP) is 2.78. The zero-order chi connectivity index (χ0) is 18.7. The standard InChI is InChI=1S/C19H24N2O4/c1-4-7-8-9-18(23)25-14-17(22)20-16-12-10-15(11-13-16)19(24)21(5-2)6-3/h4,7-13H,5-6,14H2,1-3H3,(H,20,22)/b7-4+,9-8+. The van der Waals surface area contributed by atoms with Crippen molar-refractivity contribution in [1.29, 1.82) is 0 Å². The van der Waals surface area contributed by atoms with Gasteiger partial charge in [-0.15, -0.1) is 0 Å². The van der Waals surface area contributed by atoms with E-state index in [1.165, 1.54) is 12.2 Å². The second-order valence-electron chi connectivity index (χ2n) is 5.10. The van der Waals surface area contributed by atoms with Gasteiger partial charge in [-0.25, -0.2) is 4.79 Å². The number of carbonyl (C=O) groups excluding carboxylic acids is 3. The number of amides is 2. The number of ether oxygens (including phenoxy) is 1. The number of carbonyl (C=O) groups is 3. The molecule has 1 aromatic carbocycles. The molecule has 0 spiro atoms. The van der Waals surface area contributed by atoms with Gasteiger partial charge in [0.05, 0.1) is 0 Å². The number of hydrogen-bond donors (Lipinski definition) is 1. The van der Waals surface area contributed by atoms with Crippen LogP contribution in [0.15, 0.2) is 48.6 Å². The molecule has 0 unspecified atom stereocenters. The fourth-order valence-corrected chi connectivity index (χ4v) is 2.02. The highest BCUT2D eigenvalue weighted by Gasteiger charge is 2.12. The maximum atomic E-state index is 12.2. The third kappa shape index (κ3) is 7.03. The number of benzene rings is 1. The van der Waals surface area contributed by atoms with Crippen LogP contribution in [0.5, 0.6) is 0 Å². The average Bonchev–Trinajstić information content (AvgIpc) is 2.62. The van der Waals surface area contributed by atoms with Crippen LogP contribution in [0.25, 0.3) is 0 Å². The van der Waals surface area contributed by atoms with Crippen molar-refractivity contribution in [3.63, 3.8) is 0 Å². The number of hydrogen-bond acceptors (Lipinski definition) is 4. The molecule has 0 aliphatic carbocycles. The Labute approximate surface area is 148 Å². The Balaban J connectivity index is 2.53. The molecule has 134 valence electrons. The van der Waals surface area contributed by atoms with Crippen LogP contribution >= 0.6 is 0 Å². The summed E-state index contributed by atoms with van der Waals surface area (Å²) in [6, 6.07) is 6.59. The highest BCUT2D eigenvalue weighted by molar-refractivity contribution is 5.96. The summed E-state index contributed by atoms with van der Waals surface area (Å²) in [4.78, 5) is 37.0. The van der Waals surface area contributed by atoms with Crippen LogP contribution in [0.4, 0.5) is 5.69 Å². The van der Waals surface area contributed by atoms with E-state index in [0.717, 1.165) is 0 Å². The van der Waals surface area contributed by atoms with Gasteiger partial charge in [-0.1, -0.05) is 18.2 Å². The number of nitrogens with zero attached hydrogens (tertiary/aromatic N) is 1. The molecule has 0 aliphatic rings. The lowest BCUT2D eigenvalue weighted by Gasteiger charge is -2.18. The minimum atomic E-state index is -0.589. The Morgan fingerprint density at radius 3 is 2.28 bits per heavy atom. The lowest BCUT2D eigenvalue weighted by atomic mass is 10.2. The highest BCUT2D eigenvalue weighted by atomic mass is 16.5. The quantitative estimate of drug-likeness (QED) is 0.447. The summed E-state index contributed by atoms with van der Waals surface area (Å²) < 4.78 is 4.81. The topological polar surface area (TPSA) is 75.7 Å². The van der Waals surface area contributed by atoms with Gasteiger partial charge in [-0.2, -0.15) is 0 Å². The fraction of sp³-hybridized carbons (Fsp3) is 0.316. The lowest BCUT2D eigenvalue weighted by Crippen LogP contribution is -2.30. The smallest absolute Gasteiger partial charge is 0.331 e. The Hall–Kier alpha value is -2.89. The minimum Gasteiger partial charge on any atom is -0.452 e. The van der Waals surface area contributed by atoms with Gasteiger partial charge in [0.15, 0.2) is 6.61 Å². The van der Waals surface area contributed by atoms with Crippen LogP contribution in [0.2, 0.25) is 0 Å². The van der Waals surface area contributed by atoms with Crippen LogP contribution in [-0.4, -0.2) is 42.4 Å². The van der Waals surface area contributed by atoms with Crippen LogP contribution in [0, 0.1) is 0 Å². The molecule has 1 N–H and O–H groups in total. The molecule has 0 saturated heterocycles. The molecule has 0 aromatic heterocycles. The predicted molar refractivity (Wildman–Crippen MR) is 97.2 cm³/mol. The Morgan fingerprint density at radius 1 is 1.08 bits per heavy atom. The summed E-state index contributed by atoms with van der Waals surface area (Å²) in [6.45, 7) is 6.57. The first-order valence-electron chi connectivity index (χ1n) is 8.17. The first kappa shape index (κ1) is 20.2. The maximum Gasteiger partial charge on any atom is 0.331 e. The zero-order valence-corrected chi connectivity index (χ0v) is 14.8. The van der Waals surface area contributed by atoms with Gasteiger partial charge in [-0.05, 0) is 45.0 Å². The van der Waals surface area contributed by atoms with Gasteiger partial charge in [0.1, 0.15) is 0 Å².